The van der Waals surface area contributed by atoms with Crippen LogP contribution < -0.4 is 19.7 Å². The number of nitrogens with zero attached hydrogens (tertiary/aromatic N) is 2. The van der Waals surface area contributed by atoms with Crippen molar-refractivity contribution in [3.63, 3.8) is 0 Å². The van der Waals surface area contributed by atoms with Crippen molar-refractivity contribution in [2.45, 2.75) is 32.7 Å². The predicted octanol–water partition coefficient (Wildman–Crippen LogP) is 4.48. The van der Waals surface area contributed by atoms with E-state index in [0.29, 0.717) is 68.7 Å². The number of fused-ring (bicyclic) bond motifs is 1. The van der Waals surface area contributed by atoms with E-state index in [4.69, 9.17) is 21.1 Å². The summed E-state index contributed by atoms with van der Waals surface area (Å²) in [7, 11) is 0. The van der Waals surface area contributed by atoms with Gasteiger partial charge in [0.15, 0.2) is 0 Å². The molecule has 33 heavy (non-hydrogen) atoms. The molecule has 2 aliphatic rings. The fraction of sp³-hybridized carbons (Fsp3) is 0.440. The quantitative estimate of drug-likeness (QED) is 0.674. The molecule has 0 aliphatic carbocycles. The zero-order valence-corrected chi connectivity index (χ0v) is 19.6. The minimum Gasteiger partial charge on any atom is -0.494 e. The maximum Gasteiger partial charge on any atom is 0.324 e. The van der Waals surface area contributed by atoms with Crippen molar-refractivity contribution in [2.24, 2.45) is 5.92 Å². The van der Waals surface area contributed by atoms with Crippen LogP contribution in [0.1, 0.15) is 31.7 Å². The van der Waals surface area contributed by atoms with Gasteiger partial charge in [-0.1, -0.05) is 30.7 Å². The molecule has 0 bridgehead atoms. The first-order valence-electron chi connectivity index (χ1n) is 11.5. The molecule has 2 aromatic rings. The van der Waals surface area contributed by atoms with Gasteiger partial charge in [0.25, 0.3) is 0 Å². The topological polar surface area (TPSA) is 71.1 Å². The number of urea groups is 1. The third-order valence-electron chi connectivity index (χ3n) is 6.01. The van der Waals surface area contributed by atoms with Crippen molar-refractivity contribution < 1.29 is 19.1 Å². The van der Waals surface area contributed by atoms with E-state index in [1.165, 1.54) is 0 Å². The van der Waals surface area contributed by atoms with Gasteiger partial charge >= 0.3 is 6.03 Å². The molecule has 0 atom stereocenters. The van der Waals surface area contributed by atoms with E-state index in [-0.39, 0.29) is 17.9 Å². The average molecular weight is 472 g/mol. The van der Waals surface area contributed by atoms with Crippen molar-refractivity contribution >= 4 is 29.2 Å². The first-order valence-corrected chi connectivity index (χ1v) is 11.9. The summed E-state index contributed by atoms with van der Waals surface area (Å²) in [4.78, 5) is 29.4. The molecule has 2 aromatic carbocycles. The third kappa shape index (κ3) is 5.71. The van der Waals surface area contributed by atoms with Crippen molar-refractivity contribution in [3.05, 3.63) is 53.1 Å². The second-order valence-corrected chi connectivity index (χ2v) is 8.80. The number of ether oxygens (including phenoxy) is 2. The zero-order valence-electron chi connectivity index (χ0n) is 18.9. The Morgan fingerprint density at radius 3 is 2.61 bits per heavy atom. The smallest absolute Gasteiger partial charge is 0.324 e. The van der Waals surface area contributed by atoms with Crippen LogP contribution in [0.15, 0.2) is 42.5 Å². The number of likely N-dealkylation sites (tertiary alicyclic amines) is 1. The molecular formula is C25H30ClN3O4. The Bertz CT molecular complexity index is 974. The van der Waals surface area contributed by atoms with Crippen LogP contribution in [0.5, 0.6) is 11.5 Å². The van der Waals surface area contributed by atoms with Gasteiger partial charge in [-0.25, -0.2) is 4.79 Å². The van der Waals surface area contributed by atoms with E-state index in [2.05, 4.69) is 12.2 Å². The van der Waals surface area contributed by atoms with Gasteiger partial charge in [-0.05, 0) is 55.2 Å². The SMILES string of the molecule is CCCOc1ccc(CNC(=O)C2CCN(C(=O)N3CCOc4ccc(Cl)cc43)CC2)cc1. The van der Waals surface area contributed by atoms with Crippen LogP contribution >= 0.6 is 11.6 Å². The normalized spacial score (nSPS) is 16.1. The second kappa shape index (κ2) is 10.8. The summed E-state index contributed by atoms with van der Waals surface area (Å²) >= 11 is 6.13. The number of hydrogen-bond donors (Lipinski definition) is 1. The highest BCUT2D eigenvalue weighted by molar-refractivity contribution is 6.31. The Hall–Kier alpha value is -2.93. The fourth-order valence-electron chi connectivity index (χ4n) is 4.15. The lowest BCUT2D eigenvalue weighted by molar-refractivity contribution is -0.126. The molecule has 8 heteroatoms. The second-order valence-electron chi connectivity index (χ2n) is 8.37. The number of rotatable bonds is 6. The van der Waals surface area contributed by atoms with Gasteiger partial charge in [-0.15, -0.1) is 0 Å². The average Bonchev–Trinajstić information content (AvgIpc) is 2.86. The molecule has 176 valence electrons. The molecule has 4 rings (SSSR count). The Morgan fingerprint density at radius 1 is 1.12 bits per heavy atom. The highest BCUT2D eigenvalue weighted by Gasteiger charge is 2.32. The van der Waals surface area contributed by atoms with Crippen LogP contribution in [-0.4, -0.2) is 49.7 Å². The lowest BCUT2D eigenvalue weighted by Crippen LogP contribution is -2.50. The number of anilines is 1. The van der Waals surface area contributed by atoms with Crippen LogP contribution in [0, 0.1) is 5.92 Å². The number of carbonyl (C=O) groups excluding carboxylic acids is 2. The van der Waals surface area contributed by atoms with E-state index in [1.807, 2.05) is 29.2 Å². The molecule has 0 saturated carbocycles. The van der Waals surface area contributed by atoms with E-state index >= 15 is 0 Å². The van der Waals surface area contributed by atoms with Crippen LogP contribution in [0.3, 0.4) is 0 Å². The number of benzene rings is 2. The highest BCUT2D eigenvalue weighted by atomic mass is 35.5. The van der Waals surface area contributed by atoms with Crippen molar-refractivity contribution in [2.75, 3.05) is 37.7 Å². The number of halogens is 1. The van der Waals surface area contributed by atoms with Crippen LogP contribution in [-0.2, 0) is 11.3 Å². The molecule has 0 aromatic heterocycles. The molecule has 2 heterocycles. The van der Waals surface area contributed by atoms with Gasteiger partial charge in [0, 0.05) is 30.6 Å². The van der Waals surface area contributed by atoms with Crippen LogP contribution in [0.25, 0.3) is 0 Å². The largest absolute Gasteiger partial charge is 0.494 e. The number of carbonyl (C=O) groups is 2. The maximum absolute atomic E-state index is 13.2. The lowest BCUT2D eigenvalue weighted by atomic mass is 9.96. The summed E-state index contributed by atoms with van der Waals surface area (Å²) < 4.78 is 11.2. The minimum atomic E-state index is -0.0902. The summed E-state index contributed by atoms with van der Waals surface area (Å²) in [5, 5.41) is 3.60. The summed E-state index contributed by atoms with van der Waals surface area (Å²) in [5.74, 6) is 1.46. The molecule has 1 fully saturated rings. The van der Waals surface area contributed by atoms with Gasteiger partial charge in [0.2, 0.25) is 5.91 Å². The number of amides is 3. The predicted molar refractivity (Wildman–Crippen MR) is 128 cm³/mol. The Kier molecular flexibility index (Phi) is 7.60. The molecular weight excluding hydrogens is 442 g/mol. The minimum absolute atomic E-state index is 0.0388. The van der Waals surface area contributed by atoms with E-state index in [9.17, 15) is 9.59 Å². The highest BCUT2D eigenvalue weighted by Crippen LogP contribution is 2.35. The van der Waals surface area contributed by atoms with Gasteiger partial charge < -0.3 is 19.7 Å². The molecule has 2 aliphatic heterocycles. The fourth-order valence-corrected chi connectivity index (χ4v) is 4.32. The Balaban J connectivity index is 1.26. The zero-order chi connectivity index (χ0) is 23.2. The molecule has 1 N–H and O–H groups in total. The van der Waals surface area contributed by atoms with Gasteiger partial charge in [0.05, 0.1) is 18.8 Å². The maximum atomic E-state index is 13.2. The van der Waals surface area contributed by atoms with Crippen molar-refractivity contribution in [1.29, 1.82) is 0 Å². The molecule has 3 amide bonds. The number of piperidine rings is 1. The van der Waals surface area contributed by atoms with Crippen LogP contribution in [0.4, 0.5) is 10.5 Å². The summed E-state index contributed by atoms with van der Waals surface area (Å²) in [6.45, 7) is 5.28. The van der Waals surface area contributed by atoms with Gasteiger partial charge in [0.1, 0.15) is 18.1 Å². The van der Waals surface area contributed by atoms with E-state index in [0.717, 1.165) is 17.7 Å². The Labute approximate surface area is 199 Å². The van der Waals surface area contributed by atoms with E-state index in [1.54, 1.807) is 23.1 Å². The summed E-state index contributed by atoms with van der Waals surface area (Å²) in [5.41, 5.74) is 1.73. The molecule has 1 saturated heterocycles. The van der Waals surface area contributed by atoms with Gasteiger partial charge in [-0.2, -0.15) is 0 Å². The first kappa shape index (κ1) is 23.2. The third-order valence-corrected chi connectivity index (χ3v) is 6.25. The molecule has 0 radical (unpaired) electrons. The van der Waals surface area contributed by atoms with E-state index < -0.39 is 0 Å². The molecule has 0 unspecified atom stereocenters. The number of hydrogen-bond acceptors (Lipinski definition) is 4. The molecule has 0 spiro atoms. The Morgan fingerprint density at radius 2 is 1.88 bits per heavy atom. The van der Waals surface area contributed by atoms with Crippen molar-refractivity contribution in [3.8, 4) is 11.5 Å². The summed E-state index contributed by atoms with van der Waals surface area (Å²) in [6, 6.07) is 13.0. The standard InChI is InChI=1S/C25H30ClN3O4/c1-2-14-32-21-6-3-18(4-7-21)17-27-24(30)19-9-11-28(12-10-19)25(31)29-13-15-33-23-8-5-20(26)16-22(23)29/h3-8,16,19H,2,9-15,17H2,1H3,(H,27,30). The number of nitrogens with one attached hydrogen (secondary N) is 1. The van der Waals surface area contributed by atoms with Gasteiger partial charge in [-0.3, -0.25) is 9.69 Å². The summed E-state index contributed by atoms with van der Waals surface area (Å²) in [6.07, 6.45) is 2.26. The van der Waals surface area contributed by atoms with Crippen molar-refractivity contribution in [1.82, 2.24) is 10.2 Å². The molecule has 7 nitrogen and oxygen atoms in total. The monoisotopic (exact) mass is 471 g/mol. The first-order chi connectivity index (χ1) is 16.0. The lowest BCUT2D eigenvalue weighted by Gasteiger charge is -2.37. The van der Waals surface area contributed by atoms with Crippen LogP contribution in [0.2, 0.25) is 5.02 Å².